The van der Waals surface area contributed by atoms with E-state index in [2.05, 4.69) is 20.6 Å². The number of nitrogens with zero attached hydrogens (tertiary/aromatic N) is 2. The third kappa shape index (κ3) is 4.37. The molecule has 0 fully saturated rings. The maximum Gasteiger partial charge on any atom is 0.337 e. The number of rotatable bonds is 5. The Bertz CT molecular complexity index is 914. The first-order valence-electron chi connectivity index (χ1n) is 7.17. The lowest BCUT2D eigenvalue weighted by atomic mass is 10.2. The Kier molecular flexibility index (Phi) is 5.02. The van der Waals surface area contributed by atoms with Crippen molar-refractivity contribution in [2.24, 2.45) is 0 Å². The summed E-state index contributed by atoms with van der Waals surface area (Å²) in [4.78, 5) is 19.7. The van der Waals surface area contributed by atoms with E-state index in [0.717, 1.165) is 0 Å². The summed E-state index contributed by atoms with van der Waals surface area (Å²) in [5.41, 5.74) is 1.23. The topological polar surface area (TPSA) is 87.1 Å². The van der Waals surface area contributed by atoms with Gasteiger partial charge in [-0.15, -0.1) is 0 Å². The van der Waals surface area contributed by atoms with Crippen LogP contribution in [0.5, 0.6) is 0 Å². The van der Waals surface area contributed by atoms with Gasteiger partial charge in [0.25, 0.3) is 0 Å². The minimum Gasteiger partial charge on any atom is -0.478 e. The molecule has 8 heteroatoms. The highest BCUT2D eigenvalue weighted by atomic mass is 35.5. The number of aromatic carboxylic acids is 1. The predicted molar refractivity (Wildman–Crippen MR) is 98.5 cm³/mol. The van der Waals surface area contributed by atoms with E-state index in [1.165, 1.54) is 6.07 Å². The minimum atomic E-state index is -1.02. The van der Waals surface area contributed by atoms with E-state index in [1.54, 1.807) is 48.7 Å². The van der Waals surface area contributed by atoms with Crippen molar-refractivity contribution in [1.29, 1.82) is 0 Å². The molecule has 2 aromatic carbocycles. The summed E-state index contributed by atoms with van der Waals surface area (Å²) in [6.45, 7) is 0. The number of benzene rings is 2. The van der Waals surface area contributed by atoms with Crippen molar-refractivity contribution in [3.05, 3.63) is 70.3 Å². The van der Waals surface area contributed by atoms with Crippen LogP contribution in [0.3, 0.4) is 0 Å². The fraction of sp³-hybridized carbons (Fsp3) is 0. The molecular weight excluding hydrogens is 363 g/mol. The average molecular weight is 375 g/mol. The molecule has 0 unspecified atom stereocenters. The molecule has 6 nitrogen and oxygen atoms in total. The second-order valence-corrected chi connectivity index (χ2v) is 5.90. The summed E-state index contributed by atoms with van der Waals surface area (Å²) in [5, 5.41) is 16.2. The Balaban J connectivity index is 1.84. The van der Waals surface area contributed by atoms with E-state index in [9.17, 15) is 9.90 Å². The van der Waals surface area contributed by atoms with Crippen molar-refractivity contribution in [3.63, 3.8) is 0 Å². The number of anilines is 4. The average Bonchev–Trinajstić information content (AvgIpc) is 2.54. The maximum absolute atomic E-state index is 11.3. The quantitative estimate of drug-likeness (QED) is 0.584. The fourth-order valence-corrected chi connectivity index (χ4v) is 2.69. The lowest BCUT2D eigenvalue weighted by Gasteiger charge is -2.10. The van der Waals surface area contributed by atoms with E-state index in [-0.39, 0.29) is 5.56 Å². The molecule has 0 aliphatic heterocycles. The van der Waals surface area contributed by atoms with Gasteiger partial charge in [-0.1, -0.05) is 35.3 Å². The number of carboxylic acid groups (broad SMARTS) is 1. The second kappa shape index (κ2) is 7.38. The van der Waals surface area contributed by atoms with Gasteiger partial charge < -0.3 is 15.7 Å². The summed E-state index contributed by atoms with van der Waals surface area (Å²) in [5.74, 6) is -0.264. The smallest absolute Gasteiger partial charge is 0.337 e. The molecule has 0 spiro atoms. The van der Waals surface area contributed by atoms with Crippen molar-refractivity contribution < 1.29 is 9.90 Å². The van der Waals surface area contributed by atoms with Gasteiger partial charge in [0.15, 0.2) is 0 Å². The van der Waals surface area contributed by atoms with E-state index < -0.39 is 5.97 Å². The van der Waals surface area contributed by atoms with Gasteiger partial charge in [-0.2, -0.15) is 4.98 Å². The standard InChI is InChI=1S/C17H12Cl2N4O2/c18-10-7-11(19)9-12(8-10)21-17-20-6-5-15(23-17)22-14-4-2-1-3-13(14)16(24)25/h1-9H,(H,24,25)(H2,20,21,22,23). The summed E-state index contributed by atoms with van der Waals surface area (Å²) >= 11 is 11.9. The Morgan fingerprint density at radius 1 is 1.00 bits per heavy atom. The zero-order chi connectivity index (χ0) is 17.8. The normalized spacial score (nSPS) is 10.3. The molecule has 0 aliphatic rings. The van der Waals surface area contributed by atoms with Crippen LogP contribution in [-0.2, 0) is 0 Å². The molecule has 0 saturated heterocycles. The Hall–Kier alpha value is -2.83. The van der Waals surface area contributed by atoms with Crippen LogP contribution in [0.2, 0.25) is 10.0 Å². The van der Waals surface area contributed by atoms with Crippen LogP contribution in [0.1, 0.15) is 10.4 Å². The minimum absolute atomic E-state index is 0.150. The number of hydrogen-bond donors (Lipinski definition) is 3. The van der Waals surface area contributed by atoms with Crippen LogP contribution in [0, 0.1) is 0 Å². The number of carboxylic acids is 1. The third-order valence-corrected chi connectivity index (χ3v) is 3.63. The van der Waals surface area contributed by atoms with Gasteiger partial charge in [0, 0.05) is 21.9 Å². The zero-order valence-electron chi connectivity index (χ0n) is 12.7. The molecule has 25 heavy (non-hydrogen) atoms. The molecule has 3 rings (SSSR count). The zero-order valence-corrected chi connectivity index (χ0v) is 14.2. The summed E-state index contributed by atoms with van der Waals surface area (Å²) < 4.78 is 0. The molecule has 1 heterocycles. The number of carbonyl (C=O) groups is 1. The fourth-order valence-electron chi connectivity index (χ4n) is 2.16. The molecule has 1 aromatic heterocycles. The molecule has 3 N–H and O–H groups in total. The van der Waals surface area contributed by atoms with Gasteiger partial charge in [-0.3, -0.25) is 0 Å². The molecular formula is C17H12Cl2N4O2. The van der Waals surface area contributed by atoms with Gasteiger partial charge in [0.1, 0.15) is 5.82 Å². The summed E-state index contributed by atoms with van der Waals surface area (Å²) in [7, 11) is 0. The van der Waals surface area contributed by atoms with Crippen molar-refractivity contribution >= 4 is 52.3 Å². The van der Waals surface area contributed by atoms with Crippen LogP contribution in [0.25, 0.3) is 0 Å². The second-order valence-electron chi connectivity index (χ2n) is 5.02. The number of hydrogen-bond acceptors (Lipinski definition) is 5. The number of nitrogens with one attached hydrogen (secondary N) is 2. The predicted octanol–water partition coefficient (Wildman–Crippen LogP) is 4.97. The van der Waals surface area contributed by atoms with Gasteiger partial charge in [0.2, 0.25) is 5.95 Å². The molecule has 0 amide bonds. The number of halogens is 2. The highest BCUT2D eigenvalue weighted by molar-refractivity contribution is 6.35. The van der Waals surface area contributed by atoms with Crippen LogP contribution in [-0.4, -0.2) is 21.0 Å². The summed E-state index contributed by atoms with van der Waals surface area (Å²) in [6.07, 6.45) is 1.55. The Morgan fingerprint density at radius 2 is 1.72 bits per heavy atom. The molecule has 0 radical (unpaired) electrons. The van der Waals surface area contributed by atoms with Crippen LogP contribution in [0.15, 0.2) is 54.7 Å². The summed E-state index contributed by atoms with van der Waals surface area (Å²) in [6, 6.07) is 13.2. The Labute approximate surface area is 153 Å². The molecule has 0 aliphatic carbocycles. The molecule has 3 aromatic rings. The van der Waals surface area contributed by atoms with E-state index in [1.807, 2.05) is 0 Å². The van der Waals surface area contributed by atoms with E-state index in [4.69, 9.17) is 23.2 Å². The lowest BCUT2D eigenvalue weighted by molar-refractivity contribution is 0.0698. The van der Waals surface area contributed by atoms with Gasteiger partial charge in [-0.25, -0.2) is 9.78 Å². The first-order chi connectivity index (χ1) is 12.0. The maximum atomic E-state index is 11.3. The molecule has 0 bridgehead atoms. The monoisotopic (exact) mass is 374 g/mol. The largest absolute Gasteiger partial charge is 0.478 e. The van der Waals surface area contributed by atoms with Crippen molar-refractivity contribution in [2.45, 2.75) is 0 Å². The first kappa shape index (κ1) is 17.0. The van der Waals surface area contributed by atoms with Crippen molar-refractivity contribution in [1.82, 2.24) is 9.97 Å². The van der Waals surface area contributed by atoms with Crippen LogP contribution >= 0.6 is 23.2 Å². The van der Waals surface area contributed by atoms with E-state index >= 15 is 0 Å². The Morgan fingerprint density at radius 3 is 2.44 bits per heavy atom. The van der Waals surface area contributed by atoms with Crippen LogP contribution in [0.4, 0.5) is 23.1 Å². The lowest BCUT2D eigenvalue weighted by Crippen LogP contribution is -2.04. The van der Waals surface area contributed by atoms with Crippen LogP contribution < -0.4 is 10.6 Å². The molecule has 0 atom stereocenters. The van der Waals surface area contributed by atoms with Gasteiger partial charge in [0.05, 0.1) is 11.3 Å². The van der Waals surface area contributed by atoms with Gasteiger partial charge in [-0.05, 0) is 36.4 Å². The van der Waals surface area contributed by atoms with Crippen molar-refractivity contribution in [3.8, 4) is 0 Å². The number of aromatic nitrogens is 2. The van der Waals surface area contributed by atoms with Crippen molar-refractivity contribution in [2.75, 3.05) is 10.6 Å². The highest BCUT2D eigenvalue weighted by Crippen LogP contribution is 2.25. The molecule has 126 valence electrons. The molecule has 0 saturated carbocycles. The van der Waals surface area contributed by atoms with Gasteiger partial charge >= 0.3 is 5.97 Å². The number of para-hydroxylation sites is 1. The SMILES string of the molecule is O=C(O)c1ccccc1Nc1ccnc(Nc2cc(Cl)cc(Cl)c2)n1. The third-order valence-electron chi connectivity index (χ3n) is 3.19. The first-order valence-corrected chi connectivity index (χ1v) is 7.92. The van der Waals surface area contributed by atoms with E-state index in [0.29, 0.717) is 33.2 Å². The highest BCUT2D eigenvalue weighted by Gasteiger charge is 2.10.